The molecule has 1 saturated carbocycles. The largest absolute Gasteiger partial charge is 0.508 e. The fourth-order valence-corrected chi connectivity index (χ4v) is 3.82. The molecule has 2 N–H and O–H groups in total. The van der Waals surface area contributed by atoms with Crippen LogP contribution in [-0.2, 0) is 10.2 Å². The van der Waals surface area contributed by atoms with E-state index in [1.54, 1.807) is 31.2 Å². The summed E-state index contributed by atoms with van der Waals surface area (Å²) in [6.45, 7) is 1.68. The van der Waals surface area contributed by atoms with Gasteiger partial charge in [0.25, 0.3) is 0 Å². The van der Waals surface area contributed by atoms with E-state index in [0.717, 1.165) is 36.8 Å². The summed E-state index contributed by atoms with van der Waals surface area (Å²) >= 11 is 0. The van der Waals surface area contributed by atoms with Crippen LogP contribution in [0.3, 0.4) is 0 Å². The fourth-order valence-electron chi connectivity index (χ4n) is 3.82. The predicted molar refractivity (Wildman–Crippen MR) is 89.6 cm³/mol. The topological polar surface area (TPSA) is 57.5 Å². The summed E-state index contributed by atoms with van der Waals surface area (Å²) in [4.78, 5) is 11.7. The number of ketones is 1. The molecule has 2 aromatic rings. The molecule has 0 amide bonds. The number of carbonyl (C=O) groups excluding carboxylic acids is 1. The van der Waals surface area contributed by atoms with E-state index in [4.69, 9.17) is 0 Å². The summed E-state index contributed by atoms with van der Waals surface area (Å²) in [6.07, 6.45) is 3.54. The number of phenolic OH excluding ortho intramolecular Hbond substituents is 2. The summed E-state index contributed by atoms with van der Waals surface area (Å²) in [5.41, 5.74) is 2.15. The molecule has 0 aliphatic heterocycles. The van der Waals surface area contributed by atoms with Gasteiger partial charge in [0, 0.05) is 11.3 Å². The van der Waals surface area contributed by atoms with E-state index in [1.807, 2.05) is 24.3 Å². The van der Waals surface area contributed by atoms with Gasteiger partial charge in [0.15, 0.2) is 0 Å². The number of hydrogen-bond donors (Lipinski definition) is 2. The van der Waals surface area contributed by atoms with Crippen molar-refractivity contribution in [3.63, 3.8) is 0 Å². The Morgan fingerprint density at radius 2 is 1.26 bits per heavy atom. The first-order valence-corrected chi connectivity index (χ1v) is 8.11. The minimum atomic E-state index is -0.159. The fraction of sp³-hybridized carbons (Fsp3) is 0.350. The molecule has 1 fully saturated rings. The summed E-state index contributed by atoms with van der Waals surface area (Å²) < 4.78 is 0. The second-order valence-corrected chi connectivity index (χ2v) is 6.56. The maximum Gasteiger partial charge on any atom is 0.132 e. The van der Waals surface area contributed by atoms with Gasteiger partial charge in [0.05, 0.1) is 0 Å². The van der Waals surface area contributed by atoms with Crippen LogP contribution in [0.5, 0.6) is 11.5 Å². The molecule has 0 heterocycles. The number of aromatic hydroxyl groups is 2. The Bertz CT molecular complexity index is 630. The first kappa shape index (κ1) is 15.6. The van der Waals surface area contributed by atoms with Crippen molar-refractivity contribution in [1.29, 1.82) is 0 Å². The lowest BCUT2D eigenvalue weighted by Gasteiger charge is -2.41. The number of hydrogen-bond acceptors (Lipinski definition) is 3. The standard InChI is InChI=1S/C20H22O3/c1-14(21)15-10-12-20(13-11-15,16-2-6-18(22)7-3-16)17-4-8-19(23)9-5-17/h2-9,15,22-23H,10-13H2,1H3. The molecule has 1 aliphatic carbocycles. The Labute approximate surface area is 136 Å². The second kappa shape index (κ2) is 6.07. The van der Waals surface area contributed by atoms with Crippen LogP contribution >= 0.6 is 0 Å². The Hall–Kier alpha value is -2.29. The Morgan fingerprint density at radius 1 is 0.870 bits per heavy atom. The van der Waals surface area contributed by atoms with E-state index in [0.29, 0.717) is 0 Å². The molecule has 0 radical (unpaired) electrons. The maximum absolute atomic E-state index is 11.7. The van der Waals surface area contributed by atoms with Crippen molar-refractivity contribution in [3.8, 4) is 11.5 Å². The smallest absolute Gasteiger partial charge is 0.132 e. The van der Waals surface area contributed by atoms with Gasteiger partial charge in [0.2, 0.25) is 0 Å². The highest BCUT2D eigenvalue weighted by molar-refractivity contribution is 5.78. The first-order chi connectivity index (χ1) is 11.0. The van der Waals surface area contributed by atoms with Crippen LogP contribution in [0.2, 0.25) is 0 Å². The van der Waals surface area contributed by atoms with Crippen molar-refractivity contribution in [3.05, 3.63) is 59.7 Å². The van der Waals surface area contributed by atoms with Gasteiger partial charge in [-0.25, -0.2) is 0 Å². The van der Waals surface area contributed by atoms with Gasteiger partial charge in [-0.2, -0.15) is 0 Å². The Morgan fingerprint density at radius 3 is 1.61 bits per heavy atom. The van der Waals surface area contributed by atoms with Gasteiger partial charge in [-0.3, -0.25) is 4.79 Å². The third-order valence-electron chi connectivity index (χ3n) is 5.25. The van der Waals surface area contributed by atoms with Gasteiger partial charge in [-0.15, -0.1) is 0 Å². The average Bonchev–Trinajstić information content (AvgIpc) is 2.56. The number of carbonyl (C=O) groups is 1. The van der Waals surface area contributed by atoms with Crippen molar-refractivity contribution in [2.24, 2.45) is 5.92 Å². The van der Waals surface area contributed by atoms with E-state index < -0.39 is 0 Å². The summed E-state index contributed by atoms with van der Waals surface area (Å²) in [6, 6.07) is 14.7. The van der Waals surface area contributed by atoms with Crippen LogP contribution in [-0.4, -0.2) is 16.0 Å². The lowest BCUT2D eigenvalue weighted by atomic mass is 9.62. The number of phenols is 2. The average molecular weight is 310 g/mol. The molecule has 0 saturated heterocycles. The monoisotopic (exact) mass is 310 g/mol. The third-order valence-corrected chi connectivity index (χ3v) is 5.25. The zero-order chi connectivity index (χ0) is 16.4. The number of rotatable bonds is 3. The predicted octanol–water partition coefficient (Wildman–Crippen LogP) is 4.16. The SMILES string of the molecule is CC(=O)C1CCC(c2ccc(O)cc2)(c2ccc(O)cc2)CC1. The normalized spacial score (nSPS) is 17.8. The van der Waals surface area contributed by atoms with Gasteiger partial charge in [-0.1, -0.05) is 24.3 Å². The van der Waals surface area contributed by atoms with Crippen LogP contribution in [0.15, 0.2) is 48.5 Å². The highest BCUT2D eigenvalue weighted by Crippen LogP contribution is 2.47. The minimum Gasteiger partial charge on any atom is -0.508 e. The molecule has 120 valence electrons. The maximum atomic E-state index is 11.7. The molecule has 3 nitrogen and oxygen atoms in total. The van der Waals surface area contributed by atoms with Gasteiger partial charge in [-0.05, 0) is 68.0 Å². The van der Waals surface area contributed by atoms with E-state index in [1.165, 1.54) is 0 Å². The molecule has 3 rings (SSSR count). The van der Waals surface area contributed by atoms with E-state index in [-0.39, 0.29) is 28.6 Å². The molecule has 3 heteroatoms. The van der Waals surface area contributed by atoms with E-state index in [2.05, 4.69) is 0 Å². The first-order valence-electron chi connectivity index (χ1n) is 8.11. The molecule has 0 bridgehead atoms. The lowest BCUT2D eigenvalue weighted by Crippen LogP contribution is -2.34. The molecular formula is C20H22O3. The van der Waals surface area contributed by atoms with Crippen molar-refractivity contribution in [1.82, 2.24) is 0 Å². The zero-order valence-electron chi connectivity index (χ0n) is 13.3. The highest BCUT2D eigenvalue weighted by atomic mass is 16.3. The quantitative estimate of drug-likeness (QED) is 0.895. The summed E-state index contributed by atoms with van der Waals surface area (Å²) in [5.74, 6) is 0.937. The number of benzene rings is 2. The summed E-state index contributed by atoms with van der Waals surface area (Å²) in [5, 5.41) is 19.2. The molecule has 0 atom stereocenters. The molecule has 23 heavy (non-hydrogen) atoms. The number of Topliss-reactive ketones (excluding diaryl/α,β-unsaturated/α-hetero) is 1. The van der Waals surface area contributed by atoms with Crippen molar-refractivity contribution < 1.29 is 15.0 Å². The van der Waals surface area contributed by atoms with Gasteiger partial charge >= 0.3 is 0 Å². The van der Waals surface area contributed by atoms with Crippen LogP contribution in [0.1, 0.15) is 43.7 Å². The molecule has 1 aliphatic rings. The summed E-state index contributed by atoms with van der Waals surface area (Å²) in [7, 11) is 0. The van der Waals surface area contributed by atoms with Crippen LogP contribution in [0, 0.1) is 5.92 Å². The Kier molecular flexibility index (Phi) is 4.12. The molecule has 0 spiro atoms. The van der Waals surface area contributed by atoms with Crippen LogP contribution in [0.4, 0.5) is 0 Å². The second-order valence-electron chi connectivity index (χ2n) is 6.56. The molecular weight excluding hydrogens is 288 g/mol. The third kappa shape index (κ3) is 2.96. The van der Waals surface area contributed by atoms with E-state index in [9.17, 15) is 15.0 Å². The van der Waals surface area contributed by atoms with E-state index >= 15 is 0 Å². The molecule has 2 aromatic carbocycles. The van der Waals surface area contributed by atoms with Crippen LogP contribution in [0.25, 0.3) is 0 Å². The molecule has 0 aromatic heterocycles. The van der Waals surface area contributed by atoms with Crippen molar-refractivity contribution >= 4 is 5.78 Å². The zero-order valence-corrected chi connectivity index (χ0v) is 13.3. The van der Waals surface area contributed by atoms with Crippen LogP contribution < -0.4 is 0 Å². The molecule has 0 unspecified atom stereocenters. The van der Waals surface area contributed by atoms with Gasteiger partial charge in [0.1, 0.15) is 17.3 Å². The van der Waals surface area contributed by atoms with Crippen molar-refractivity contribution in [2.75, 3.05) is 0 Å². The minimum absolute atomic E-state index is 0.150. The highest BCUT2D eigenvalue weighted by Gasteiger charge is 2.39. The van der Waals surface area contributed by atoms with Crippen molar-refractivity contribution in [2.45, 2.75) is 38.0 Å². The Balaban J connectivity index is 2.02. The van der Waals surface area contributed by atoms with Gasteiger partial charge < -0.3 is 10.2 Å². The lowest BCUT2D eigenvalue weighted by molar-refractivity contribution is -0.121.